The van der Waals surface area contributed by atoms with E-state index >= 15 is 0 Å². The Bertz CT molecular complexity index is 490. The first-order valence-corrected chi connectivity index (χ1v) is 11.4. The van der Waals surface area contributed by atoms with Gasteiger partial charge in [-0.1, -0.05) is 77.0 Å². The number of amides is 1. The van der Waals surface area contributed by atoms with Gasteiger partial charge in [-0.3, -0.25) is 4.79 Å². The lowest BCUT2D eigenvalue weighted by molar-refractivity contribution is -0.118. The van der Waals surface area contributed by atoms with Crippen LogP contribution in [0.4, 0.5) is 0 Å². The Kier molecular flexibility index (Phi) is 10.3. The summed E-state index contributed by atoms with van der Waals surface area (Å²) in [5.41, 5.74) is 0.259. The van der Waals surface area contributed by atoms with Gasteiger partial charge in [0.1, 0.15) is 11.6 Å². The highest BCUT2D eigenvalue weighted by Gasteiger charge is 2.20. The van der Waals surface area contributed by atoms with Crippen LogP contribution in [0.1, 0.15) is 103 Å². The van der Waals surface area contributed by atoms with Crippen LogP contribution in [0.5, 0.6) is 0 Å². The molecule has 27 heavy (non-hydrogen) atoms. The second-order valence-corrected chi connectivity index (χ2v) is 8.54. The first-order chi connectivity index (χ1) is 13.2. The largest absolute Gasteiger partial charge is 0.376 e. The van der Waals surface area contributed by atoms with Crippen LogP contribution in [0.25, 0.3) is 0 Å². The maximum atomic E-state index is 12.7. The predicted octanol–water partition coefficient (Wildman–Crippen LogP) is 5.45. The van der Waals surface area contributed by atoms with E-state index in [1.54, 1.807) is 6.20 Å². The van der Waals surface area contributed by atoms with E-state index in [2.05, 4.69) is 16.3 Å². The van der Waals surface area contributed by atoms with Crippen LogP contribution in [0.2, 0.25) is 0 Å². The molecule has 2 rings (SSSR count). The minimum Gasteiger partial charge on any atom is -0.376 e. The van der Waals surface area contributed by atoms with Crippen molar-refractivity contribution in [2.45, 2.75) is 115 Å². The Morgan fingerprint density at radius 2 is 1.30 bits per heavy atom. The van der Waals surface area contributed by atoms with Crippen molar-refractivity contribution in [1.29, 1.82) is 5.26 Å². The van der Waals surface area contributed by atoms with Crippen molar-refractivity contribution in [1.82, 2.24) is 10.2 Å². The van der Waals surface area contributed by atoms with Crippen molar-refractivity contribution in [3.63, 3.8) is 0 Å². The van der Waals surface area contributed by atoms with E-state index in [4.69, 9.17) is 0 Å². The van der Waals surface area contributed by atoms with Gasteiger partial charge in [-0.2, -0.15) is 5.26 Å². The SMILES string of the molecule is CN(/C=C(/C#N)C(=O)NC1CCCCCCCCCCC1)C1CCCCC1. The van der Waals surface area contributed by atoms with Crippen LogP contribution in [-0.4, -0.2) is 29.9 Å². The zero-order valence-corrected chi connectivity index (χ0v) is 17.3. The molecule has 2 aliphatic rings. The minimum atomic E-state index is -0.183. The number of hydrogen-bond acceptors (Lipinski definition) is 3. The molecule has 0 saturated heterocycles. The molecule has 152 valence electrons. The summed E-state index contributed by atoms with van der Waals surface area (Å²) in [7, 11) is 2.01. The topological polar surface area (TPSA) is 56.1 Å². The molecular formula is C23H39N3O. The molecule has 0 atom stereocenters. The van der Waals surface area contributed by atoms with Crippen molar-refractivity contribution < 1.29 is 4.79 Å². The van der Waals surface area contributed by atoms with E-state index in [0.29, 0.717) is 6.04 Å². The van der Waals surface area contributed by atoms with Gasteiger partial charge in [-0.15, -0.1) is 0 Å². The zero-order valence-electron chi connectivity index (χ0n) is 17.3. The zero-order chi connectivity index (χ0) is 19.3. The van der Waals surface area contributed by atoms with E-state index in [1.165, 1.54) is 77.0 Å². The Morgan fingerprint density at radius 1 is 0.852 bits per heavy atom. The molecule has 0 unspecified atom stereocenters. The Hall–Kier alpha value is -1.50. The van der Waals surface area contributed by atoms with Crippen molar-refractivity contribution in [3.05, 3.63) is 11.8 Å². The fraction of sp³-hybridized carbons (Fsp3) is 0.826. The van der Waals surface area contributed by atoms with Crippen molar-refractivity contribution in [3.8, 4) is 6.07 Å². The summed E-state index contributed by atoms with van der Waals surface area (Å²) >= 11 is 0. The second-order valence-electron chi connectivity index (χ2n) is 8.54. The first-order valence-electron chi connectivity index (χ1n) is 11.4. The highest BCUT2D eigenvalue weighted by molar-refractivity contribution is 5.97. The van der Waals surface area contributed by atoms with Gasteiger partial charge >= 0.3 is 0 Å². The number of nitriles is 1. The number of rotatable bonds is 4. The molecule has 2 fully saturated rings. The molecule has 0 aromatic carbocycles. The van der Waals surface area contributed by atoms with Gasteiger partial charge in [0.25, 0.3) is 5.91 Å². The summed E-state index contributed by atoms with van der Waals surface area (Å²) < 4.78 is 0. The van der Waals surface area contributed by atoms with Gasteiger partial charge in [0.05, 0.1) is 0 Å². The van der Waals surface area contributed by atoms with Crippen LogP contribution < -0.4 is 5.32 Å². The highest BCUT2D eigenvalue weighted by Crippen LogP contribution is 2.22. The molecule has 0 heterocycles. The molecule has 0 aromatic heterocycles. The fourth-order valence-corrected chi connectivity index (χ4v) is 4.51. The van der Waals surface area contributed by atoms with Crippen molar-refractivity contribution in [2.75, 3.05) is 7.05 Å². The Morgan fingerprint density at radius 3 is 1.81 bits per heavy atom. The number of nitrogens with zero attached hydrogens (tertiary/aromatic N) is 2. The second kappa shape index (κ2) is 12.8. The molecule has 0 aliphatic heterocycles. The molecule has 2 saturated carbocycles. The summed E-state index contributed by atoms with van der Waals surface area (Å²) in [5.74, 6) is -0.183. The molecule has 4 heteroatoms. The molecule has 4 nitrogen and oxygen atoms in total. The van der Waals surface area contributed by atoms with Crippen LogP contribution in [0, 0.1) is 11.3 Å². The van der Waals surface area contributed by atoms with Gasteiger partial charge in [-0.05, 0) is 25.7 Å². The third-order valence-electron chi connectivity index (χ3n) is 6.29. The lowest BCUT2D eigenvalue weighted by Gasteiger charge is -2.30. The molecule has 0 spiro atoms. The van der Waals surface area contributed by atoms with Crippen molar-refractivity contribution >= 4 is 5.91 Å². The quantitative estimate of drug-likeness (QED) is 0.527. The van der Waals surface area contributed by atoms with E-state index in [-0.39, 0.29) is 17.5 Å². The maximum absolute atomic E-state index is 12.7. The fourth-order valence-electron chi connectivity index (χ4n) is 4.51. The predicted molar refractivity (Wildman–Crippen MR) is 111 cm³/mol. The molecule has 1 N–H and O–H groups in total. The van der Waals surface area contributed by atoms with Crippen LogP contribution in [0.3, 0.4) is 0 Å². The lowest BCUT2D eigenvalue weighted by Crippen LogP contribution is -2.37. The number of carbonyl (C=O) groups is 1. The summed E-state index contributed by atoms with van der Waals surface area (Å²) in [6, 6.07) is 2.82. The monoisotopic (exact) mass is 373 g/mol. The average Bonchev–Trinajstić information content (AvgIpc) is 2.68. The average molecular weight is 374 g/mol. The third kappa shape index (κ3) is 8.37. The molecule has 0 bridgehead atoms. The Labute approximate surface area is 166 Å². The molecule has 0 radical (unpaired) electrons. The molecule has 0 aromatic rings. The number of carbonyl (C=O) groups excluding carboxylic acids is 1. The smallest absolute Gasteiger partial charge is 0.263 e. The summed E-state index contributed by atoms with van der Waals surface area (Å²) in [4.78, 5) is 14.8. The van der Waals surface area contributed by atoms with E-state index in [0.717, 1.165) is 25.7 Å². The van der Waals surface area contributed by atoms with E-state index < -0.39 is 0 Å². The van der Waals surface area contributed by atoms with E-state index in [9.17, 15) is 10.1 Å². The van der Waals surface area contributed by atoms with Gasteiger partial charge in [-0.25, -0.2) is 0 Å². The molecule has 1 amide bonds. The maximum Gasteiger partial charge on any atom is 0.263 e. The summed E-state index contributed by atoms with van der Waals surface area (Å²) in [6.07, 6.45) is 21.6. The number of nitrogens with one attached hydrogen (secondary N) is 1. The van der Waals surface area contributed by atoms with Gasteiger partial charge in [0.2, 0.25) is 0 Å². The third-order valence-corrected chi connectivity index (χ3v) is 6.29. The van der Waals surface area contributed by atoms with Gasteiger partial charge < -0.3 is 10.2 Å². The molecular weight excluding hydrogens is 334 g/mol. The van der Waals surface area contributed by atoms with E-state index in [1.807, 2.05) is 7.05 Å². The number of hydrogen-bond donors (Lipinski definition) is 1. The van der Waals surface area contributed by atoms with Crippen LogP contribution >= 0.6 is 0 Å². The standard InChI is InChI=1S/C23H39N3O/c1-26(22-16-12-9-13-17-22)19-20(18-24)23(27)25-21-14-10-7-5-3-2-4-6-8-11-15-21/h19,21-22H,2-17H2,1H3,(H,25,27)/b20-19-. The van der Waals surface area contributed by atoms with Crippen LogP contribution in [0.15, 0.2) is 11.8 Å². The van der Waals surface area contributed by atoms with Crippen molar-refractivity contribution in [2.24, 2.45) is 0 Å². The molecule has 2 aliphatic carbocycles. The van der Waals surface area contributed by atoms with Gasteiger partial charge in [0, 0.05) is 25.3 Å². The normalized spacial score (nSPS) is 22.1. The van der Waals surface area contributed by atoms with Crippen LogP contribution in [-0.2, 0) is 4.79 Å². The minimum absolute atomic E-state index is 0.183. The van der Waals surface area contributed by atoms with Gasteiger partial charge in [0.15, 0.2) is 0 Å². The first kappa shape index (κ1) is 21.8. The summed E-state index contributed by atoms with van der Waals surface area (Å²) in [6.45, 7) is 0. The lowest BCUT2D eigenvalue weighted by atomic mass is 9.94. The Balaban J connectivity index is 1.89. The highest BCUT2D eigenvalue weighted by atomic mass is 16.1. The summed E-state index contributed by atoms with van der Waals surface area (Å²) in [5, 5.41) is 12.7.